The minimum atomic E-state index is 0.160. The molecule has 0 amide bonds. The molecule has 1 heterocycles. The average Bonchev–Trinajstić information content (AvgIpc) is 2.88. The number of hydrogen-bond donors (Lipinski definition) is 1. The zero-order valence-electron chi connectivity index (χ0n) is 14.6. The SMILES string of the molecule is CCCN(Cc1ccn(C(CC)CC)n1)CC(C)(C)CN. The number of nitrogens with two attached hydrogens (primary N) is 1. The summed E-state index contributed by atoms with van der Waals surface area (Å²) >= 11 is 0. The van der Waals surface area contributed by atoms with Gasteiger partial charge in [0.2, 0.25) is 0 Å². The van der Waals surface area contributed by atoms with Crippen molar-refractivity contribution in [2.45, 2.75) is 66.5 Å². The molecule has 4 heteroatoms. The zero-order valence-corrected chi connectivity index (χ0v) is 14.6. The molecule has 21 heavy (non-hydrogen) atoms. The van der Waals surface area contributed by atoms with Gasteiger partial charge in [-0.15, -0.1) is 0 Å². The molecule has 0 spiro atoms. The van der Waals surface area contributed by atoms with Crippen LogP contribution in [0.3, 0.4) is 0 Å². The first-order chi connectivity index (χ1) is 9.95. The fourth-order valence-electron chi connectivity index (χ4n) is 2.76. The second kappa shape index (κ2) is 8.54. The summed E-state index contributed by atoms with van der Waals surface area (Å²) in [4.78, 5) is 2.48. The van der Waals surface area contributed by atoms with Crippen molar-refractivity contribution in [2.24, 2.45) is 11.1 Å². The van der Waals surface area contributed by atoms with Crippen molar-refractivity contribution in [3.8, 4) is 0 Å². The third-order valence-electron chi connectivity index (χ3n) is 4.11. The van der Waals surface area contributed by atoms with Gasteiger partial charge in [0, 0.05) is 19.3 Å². The molecule has 2 N–H and O–H groups in total. The highest BCUT2D eigenvalue weighted by molar-refractivity contribution is 5.00. The maximum absolute atomic E-state index is 5.88. The van der Waals surface area contributed by atoms with Crippen LogP contribution in [0.15, 0.2) is 12.3 Å². The van der Waals surface area contributed by atoms with Crippen molar-refractivity contribution in [3.63, 3.8) is 0 Å². The molecule has 0 saturated heterocycles. The third-order valence-corrected chi connectivity index (χ3v) is 4.11. The van der Waals surface area contributed by atoms with Crippen LogP contribution in [0.25, 0.3) is 0 Å². The Bertz CT molecular complexity index is 393. The van der Waals surface area contributed by atoms with E-state index in [0.29, 0.717) is 6.04 Å². The summed E-state index contributed by atoms with van der Waals surface area (Å²) in [6, 6.07) is 2.69. The number of rotatable bonds is 10. The van der Waals surface area contributed by atoms with E-state index in [0.717, 1.165) is 45.4 Å². The molecule has 0 atom stereocenters. The molecule has 0 bridgehead atoms. The highest BCUT2D eigenvalue weighted by atomic mass is 15.3. The Kier molecular flexibility index (Phi) is 7.40. The van der Waals surface area contributed by atoms with Gasteiger partial charge in [0.25, 0.3) is 0 Å². The van der Waals surface area contributed by atoms with Crippen LogP contribution in [-0.2, 0) is 6.54 Å². The zero-order chi connectivity index (χ0) is 15.9. The lowest BCUT2D eigenvalue weighted by Gasteiger charge is -2.31. The monoisotopic (exact) mass is 294 g/mol. The maximum atomic E-state index is 5.88. The Balaban J connectivity index is 2.71. The fourth-order valence-corrected chi connectivity index (χ4v) is 2.76. The van der Waals surface area contributed by atoms with E-state index >= 15 is 0 Å². The van der Waals surface area contributed by atoms with Gasteiger partial charge in [-0.1, -0.05) is 34.6 Å². The van der Waals surface area contributed by atoms with E-state index in [2.05, 4.69) is 56.5 Å². The van der Waals surface area contributed by atoms with Gasteiger partial charge in [0.05, 0.1) is 11.7 Å². The van der Waals surface area contributed by atoms with Gasteiger partial charge in [-0.05, 0) is 43.8 Å². The molecule has 122 valence electrons. The standard InChI is InChI=1S/C17H34N4/c1-6-10-20(14-17(4,5)13-18)12-15-9-11-21(19-15)16(7-2)8-3/h9,11,16H,6-8,10,12-14,18H2,1-5H3. The van der Waals surface area contributed by atoms with Crippen LogP contribution < -0.4 is 5.73 Å². The highest BCUT2D eigenvalue weighted by Gasteiger charge is 2.20. The second-order valence-electron chi connectivity index (χ2n) is 6.84. The van der Waals surface area contributed by atoms with Gasteiger partial charge in [-0.25, -0.2) is 0 Å². The van der Waals surface area contributed by atoms with Crippen LogP contribution in [0.1, 0.15) is 65.6 Å². The van der Waals surface area contributed by atoms with E-state index in [1.165, 1.54) is 5.69 Å². The molecule has 0 aliphatic carbocycles. The van der Waals surface area contributed by atoms with E-state index < -0.39 is 0 Å². The molecule has 0 unspecified atom stereocenters. The van der Waals surface area contributed by atoms with Gasteiger partial charge in [-0.2, -0.15) is 5.10 Å². The normalized spacial score (nSPS) is 12.6. The molecule has 0 saturated carbocycles. The molecule has 0 aliphatic rings. The summed E-state index contributed by atoms with van der Waals surface area (Å²) in [7, 11) is 0. The van der Waals surface area contributed by atoms with Crippen LogP contribution in [0.4, 0.5) is 0 Å². The second-order valence-corrected chi connectivity index (χ2v) is 6.84. The lowest BCUT2D eigenvalue weighted by molar-refractivity contribution is 0.173. The topological polar surface area (TPSA) is 47.1 Å². The Morgan fingerprint density at radius 3 is 2.48 bits per heavy atom. The van der Waals surface area contributed by atoms with Gasteiger partial charge in [0.1, 0.15) is 0 Å². The largest absolute Gasteiger partial charge is 0.330 e. The van der Waals surface area contributed by atoms with Crippen molar-refractivity contribution >= 4 is 0 Å². The lowest BCUT2D eigenvalue weighted by Crippen LogP contribution is -2.38. The van der Waals surface area contributed by atoms with Gasteiger partial charge in [-0.3, -0.25) is 9.58 Å². The Hall–Kier alpha value is -0.870. The predicted octanol–water partition coefficient (Wildman–Crippen LogP) is 3.44. The summed E-state index contributed by atoms with van der Waals surface area (Å²) in [5.74, 6) is 0. The summed E-state index contributed by atoms with van der Waals surface area (Å²) < 4.78 is 2.13. The Labute approximate surface area is 130 Å². The van der Waals surface area contributed by atoms with Gasteiger partial charge >= 0.3 is 0 Å². The molecular weight excluding hydrogens is 260 g/mol. The molecule has 1 aromatic heterocycles. The third kappa shape index (κ3) is 5.79. The molecular formula is C17H34N4. The lowest BCUT2D eigenvalue weighted by atomic mass is 9.93. The molecule has 1 rings (SSSR count). The van der Waals surface area contributed by atoms with Crippen LogP contribution in [0.5, 0.6) is 0 Å². The average molecular weight is 294 g/mol. The number of hydrogen-bond acceptors (Lipinski definition) is 3. The minimum Gasteiger partial charge on any atom is -0.330 e. The molecule has 0 aliphatic heterocycles. The maximum Gasteiger partial charge on any atom is 0.0764 e. The first-order valence-corrected chi connectivity index (χ1v) is 8.42. The molecule has 1 aromatic rings. The van der Waals surface area contributed by atoms with Crippen LogP contribution in [0.2, 0.25) is 0 Å². The number of aromatic nitrogens is 2. The van der Waals surface area contributed by atoms with E-state index in [1.54, 1.807) is 0 Å². The molecule has 0 radical (unpaired) electrons. The summed E-state index contributed by atoms with van der Waals surface area (Å²) in [5.41, 5.74) is 7.21. The van der Waals surface area contributed by atoms with E-state index in [-0.39, 0.29) is 5.41 Å². The quantitative estimate of drug-likeness (QED) is 0.719. The first kappa shape index (κ1) is 18.2. The van der Waals surface area contributed by atoms with Crippen molar-refractivity contribution in [2.75, 3.05) is 19.6 Å². The molecule has 4 nitrogen and oxygen atoms in total. The Morgan fingerprint density at radius 2 is 1.95 bits per heavy atom. The van der Waals surface area contributed by atoms with Crippen LogP contribution in [0, 0.1) is 5.41 Å². The predicted molar refractivity (Wildman–Crippen MR) is 90.2 cm³/mol. The summed E-state index contributed by atoms with van der Waals surface area (Å²) in [5, 5.41) is 4.77. The molecule has 0 fully saturated rings. The van der Waals surface area contributed by atoms with Gasteiger partial charge < -0.3 is 5.73 Å². The van der Waals surface area contributed by atoms with Crippen molar-refractivity contribution in [1.82, 2.24) is 14.7 Å². The van der Waals surface area contributed by atoms with Crippen LogP contribution in [-0.4, -0.2) is 34.3 Å². The molecule has 0 aromatic carbocycles. The summed E-state index contributed by atoms with van der Waals surface area (Å²) in [6.07, 6.45) is 5.56. The highest BCUT2D eigenvalue weighted by Crippen LogP contribution is 2.18. The van der Waals surface area contributed by atoms with Gasteiger partial charge in [0.15, 0.2) is 0 Å². The van der Waals surface area contributed by atoms with Crippen molar-refractivity contribution in [1.29, 1.82) is 0 Å². The van der Waals surface area contributed by atoms with Crippen molar-refractivity contribution in [3.05, 3.63) is 18.0 Å². The number of nitrogens with zero attached hydrogens (tertiary/aromatic N) is 3. The van der Waals surface area contributed by atoms with Crippen LogP contribution >= 0.6 is 0 Å². The Morgan fingerprint density at radius 1 is 1.29 bits per heavy atom. The van der Waals surface area contributed by atoms with E-state index in [1.807, 2.05) is 0 Å². The smallest absolute Gasteiger partial charge is 0.0764 e. The van der Waals surface area contributed by atoms with E-state index in [9.17, 15) is 0 Å². The van der Waals surface area contributed by atoms with E-state index in [4.69, 9.17) is 10.8 Å². The van der Waals surface area contributed by atoms with Crippen molar-refractivity contribution < 1.29 is 0 Å². The summed E-state index contributed by atoms with van der Waals surface area (Å²) in [6.45, 7) is 14.9. The fraction of sp³-hybridized carbons (Fsp3) is 0.824. The minimum absolute atomic E-state index is 0.160. The first-order valence-electron chi connectivity index (χ1n) is 8.42.